The van der Waals surface area contributed by atoms with Crippen LogP contribution in [0.5, 0.6) is 0 Å². The fourth-order valence-corrected chi connectivity index (χ4v) is 4.05. The molecule has 0 saturated carbocycles. The zero-order valence-electron chi connectivity index (χ0n) is 15.1. The Hall–Kier alpha value is -1.78. The summed E-state index contributed by atoms with van der Waals surface area (Å²) in [5.41, 5.74) is 0.399. The fourth-order valence-electron chi connectivity index (χ4n) is 2.71. The van der Waals surface area contributed by atoms with Crippen LogP contribution in [0.1, 0.15) is 25.7 Å². The predicted molar refractivity (Wildman–Crippen MR) is 108 cm³/mol. The molecule has 0 aliphatic heterocycles. The Labute approximate surface area is 173 Å². The maximum atomic E-state index is 13.0. The normalized spacial score (nSPS) is 11.6. The van der Waals surface area contributed by atoms with Gasteiger partial charge in [0.25, 0.3) is 5.56 Å². The number of alkyl halides is 2. The number of aromatic nitrogens is 4. The first-order valence-electron chi connectivity index (χ1n) is 8.71. The van der Waals surface area contributed by atoms with Gasteiger partial charge < -0.3 is 4.74 Å². The van der Waals surface area contributed by atoms with Crippen molar-refractivity contribution in [3.63, 3.8) is 0 Å². The van der Waals surface area contributed by atoms with Crippen molar-refractivity contribution in [2.45, 2.75) is 37.3 Å². The van der Waals surface area contributed by atoms with E-state index in [2.05, 4.69) is 25.9 Å². The average molecular weight is 473 g/mol. The lowest BCUT2D eigenvalue weighted by molar-refractivity contribution is 0.0678. The Morgan fingerprint density at radius 3 is 2.93 bits per heavy atom. The van der Waals surface area contributed by atoms with Gasteiger partial charge >= 0.3 is 6.55 Å². The smallest absolute Gasteiger partial charge is 0.319 e. The quantitative estimate of drug-likeness (QED) is 0.261. The van der Waals surface area contributed by atoms with Crippen molar-refractivity contribution in [3.05, 3.63) is 51.2 Å². The van der Waals surface area contributed by atoms with Crippen molar-refractivity contribution >= 4 is 38.6 Å². The molecule has 0 spiro atoms. The van der Waals surface area contributed by atoms with Gasteiger partial charge in [-0.15, -0.1) is 0 Å². The number of fused-ring (bicyclic) bond motifs is 1. The molecule has 0 atom stereocenters. The number of halogens is 3. The van der Waals surface area contributed by atoms with Crippen LogP contribution in [-0.4, -0.2) is 32.3 Å². The molecule has 3 aromatic rings. The molecular formula is C18H19BrF2N4O2S. The molecule has 6 nitrogen and oxygen atoms in total. The predicted octanol–water partition coefficient (Wildman–Crippen LogP) is 4.47. The Bertz CT molecular complexity index is 1010. The van der Waals surface area contributed by atoms with E-state index in [0.29, 0.717) is 42.2 Å². The van der Waals surface area contributed by atoms with E-state index in [-0.39, 0.29) is 17.1 Å². The molecule has 0 unspecified atom stereocenters. The number of imidazole rings is 1. The van der Waals surface area contributed by atoms with Gasteiger partial charge in [0.1, 0.15) is 5.82 Å². The molecule has 3 rings (SSSR count). The summed E-state index contributed by atoms with van der Waals surface area (Å²) in [7, 11) is 0. The topological polar surface area (TPSA) is 61.9 Å². The maximum absolute atomic E-state index is 13.0. The number of rotatable bonds is 9. The van der Waals surface area contributed by atoms with E-state index >= 15 is 0 Å². The summed E-state index contributed by atoms with van der Waals surface area (Å²) in [4.78, 5) is 21.6. The highest BCUT2D eigenvalue weighted by Crippen LogP contribution is 2.24. The second-order valence-electron chi connectivity index (χ2n) is 5.88. The van der Waals surface area contributed by atoms with Crippen LogP contribution in [0.15, 0.2) is 45.0 Å². The van der Waals surface area contributed by atoms with Crippen LogP contribution < -0.4 is 5.56 Å². The third-order valence-electron chi connectivity index (χ3n) is 4.05. The molecule has 2 heterocycles. The summed E-state index contributed by atoms with van der Waals surface area (Å²) in [5.74, 6) is 0.406. The van der Waals surface area contributed by atoms with E-state index in [1.807, 2.05) is 13.0 Å². The Morgan fingerprint density at radius 2 is 2.18 bits per heavy atom. The van der Waals surface area contributed by atoms with Crippen LogP contribution >= 0.6 is 27.7 Å². The zero-order chi connectivity index (χ0) is 20.1. The van der Waals surface area contributed by atoms with Crippen molar-refractivity contribution in [3.8, 4) is 0 Å². The van der Waals surface area contributed by atoms with Crippen LogP contribution in [0.25, 0.3) is 10.9 Å². The number of ether oxygens (including phenoxy) is 1. The monoisotopic (exact) mass is 472 g/mol. The lowest BCUT2D eigenvalue weighted by Gasteiger charge is -2.13. The highest BCUT2D eigenvalue weighted by molar-refractivity contribution is 9.10. The van der Waals surface area contributed by atoms with E-state index < -0.39 is 6.55 Å². The first-order valence-corrected chi connectivity index (χ1v) is 10.5. The average Bonchev–Trinajstić information content (AvgIpc) is 3.14. The first kappa shape index (κ1) is 20.9. The summed E-state index contributed by atoms with van der Waals surface area (Å²) >= 11 is 4.59. The molecular weight excluding hydrogens is 454 g/mol. The molecule has 0 N–H and O–H groups in total. The third kappa shape index (κ3) is 4.79. The van der Waals surface area contributed by atoms with Gasteiger partial charge in [-0.1, -0.05) is 27.7 Å². The fraction of sp³-hybridized carbons (Fsp3) is 0.389. The van der Waals surface area contributed by atoms with Gasteiger partial charge in [-0.3, -0.25) is 13.9 Å². The van der Waals surface area contributed by atoms with Crippen molar-refractivity contribution in [1.29, 1.82) is 0 Å². The third-order valence-corrected chi connectivity index (χ3v) is 5.51. The van der Waals surface area contributed by atoms with E-state index in [9.17, 15) is 13.6 Å². The van der Waals surface area contributed by atoms with Crippen molar-refractivity contribution in [2.75, 3.05) is 13.2 Å². The summed E-state index contributed by atoms with van der Waals surface area (Å²) in [6, 6.07) is 5.31. The minimum absolute atomic E-state index is 0.164. The van der Waals surface area contributed by atoms with Gasteiger partial charge in [-0.05, 0) is 31.5 Å². The molecule has 150 valence electrons. The minimum Gasteiger partial charge on any atom is -0.382 e. The molecule has 28 heavy (non-hydrogen) atoms. The standard InChI is InChI=1S/C18H19BrF2N4O2S/c1-2-27-9-3-7-25-16(26)13-10-12(19)4-5-14(13)23-18(25)28-11-15-22-6-8-24(15)17(20)21/h4-6,8,10,17H,2-3,7,9,11H2,1H3. The Kier molecular flexibility index (Phi) is 7.19. The highest BCUT2D eigenvalue weighted by atomic mass is 79.9. The summed E-state index contributed by atoms with van der Waals surface area (Å²) in [6.07, 6.45) is 3.22. The maximum Gasteiger partial charge on any atom is 0.319 e. The molecule has 0 radical (unpaired) electrons. The number of thioether (sulfide) groups is 1. The molecule has 0 saturated heterocycles. The molecule has 2 aromatic heterocycles. The van der Waals surface area contributed by atoms with E-state index in [1.54, 1.807) is 16.7 Å². The molecule has 0 aliphatic rings. The number of hydrogen-bond donors (Lipinski definition) is 0. The minimum atomic E-state index is -2.66. The SMILES string of the molecule is CCOCCCn1c(SCc2nccn2C(F)F)nc2ccc(Br)cc2c1=O. The van der Waals surface area contributed by atoms with E-state index in [1.165, 1.54) is 24.2 Å². The van der Waals surface area contributed by atoms with Crippen LogP contribution in [0.2, 0.25) is 0 Å². The summed E-state index contributed by atoms with van der Waals surface area (Å²) in [6.45, 7) is 0.816. The molecule has 0 fully saturated rings. The van der Waals surface area contributed by atoms with Gasteiger partial charge in [-0.2, -0.15) is 8.78 Å². The molecule has 0 bridgehead atoms. The van der Waals surface area contributed by atoms with Crippen LogP contribution in [0.3, 0.4) is 0 Å². The molecule has 0 aliphatic carbocycles. The second-order valence-corrected chi connectivity index (χ2v) is 7.74. The second kappa shape index (κ2) is 9.62. The van der Waals surface area contributed by atoms with Crippen molar-refractivity contribution in [2.24, 2.45) is 0 Å². The van der Waals surface area contributed by atoms with Gasteiger partial charge in [0.2, 0.25) is 0 Å². The number of benzene rings is 1. The first-order chi connectivity index (χ1) is 13.5. The molecule has 10 heteroatoms. The molecule has 0 amide bonds. The van der Waals surface area contributed by atoms with Gasteiger partial charge in [0.05, 0.1) is 16.7 Å². The van der Waals surface area contributed by atoms with Crippen molar-refractivity contribution < 1.29 is 13.5 Å². The highest BCUT2D eigenvalue weighted by Gasteiger charge is 2.15. The van der Waals surface area contributed by atoms with Gasteiger partial charge in [-0.25, -0.2) is 9.97 Å². The van der Waals surface area contributed by atoms with Gasteiger partial charge in [0.15, 0.2) is 5.16 Å². The Balaban J connectivity index is 1.93. The summed E-state index contributed by atoms with van der Waals surface area (Å²) in [5, 5.41) is 0.976. The molecule has 1 aromatic carbocycles. The lowest BCUT2D eigenvalue weighted by atomic mass is 10.2. The van der Waals surface area contributed by atoms with Crippen LogP contribution in [-0.2, 0) is 17.0 Å². The van der Waals surface area contributed by atoms with Crippen LogP contribution in [0, 0.1) is 0 Å². The van der Waals surface area contributed by atoms with Crippen molar-refractivity contribution in [1.82, 2.24) is 19.1 Å². The van der Waals surface area contributed by atoms with E-state index in [4.69, 9.17) is 4.74 Å². The van der Waals surface area contributed by atoms with Gasteiger partial charge in [0, 0.05) is 36.6 Å². The lowest BCUT2D eigenvalue weighted by Crippen LogP contribution is -2.24. The largest absolute Gasteiger partial charge is 0.382 e. The van der Waals surface area contributed by atoms with E-state index in [0.717, 1.165) is 9.04 Å². The zero-order valence-corrected chi connectivity index (χ0v) is 17.5. The Morgan fingerprint density at radius 1 is 1.36 bits per heavy atom. The number of hydrogen-bond acceptors (Lipinski definition) is 5. The van der Waals surface area contributed by atoms with Crippen LogP contribution in [0.4, 0.5) is 8.78 Å². The number of nitrogens with zero attached hydrogens (tertiary/aromatic N) is 4. The summed E-state index contributed by atoms with van der Waals surface area (Å²) < 4.78 is 34.6.